The van der Waals surface area contributed by atoms with Crippen molar-refractivity contribution < 1.29 is 12.8 Å². The number of hydrogen-bond donors (Lipinski definition) is 2. The molecule has 0 atom stereocenters. The molecule has 3 N–H and O–H groups in total. The highest BCUT2D eigenvalue weighted by Crippen LogP contribution is 2.39. The molecular formula is C12H16ClFN2O2S. The van der Waals surface area contributed by atoms with Gasteiger partial charge in [0.1, 0.15) is 4.90 Å². The number of rotatable bonds is 4. The summed E-state index contributed by atoms with van der Waals surface area (Å²) in [6, 6.07) is 2.25. The quantitative estimate of drug-likeness (QED) is 0.840. The molecule has 1 saturated carbocycles. The summed E-state index contributed by atoms with van der Waals surface area (Å²) < 4.78 is 40.4. The van der Waals surface area contributed by atoms with Crippen LogP contribution in [-0.2, 0) is 10.0 Å². The first-order chi connectivity index (χ1) is 8.73. The fourth-order valence-electron chi connectivity index (χ4n) is 2.08. The van der Waals surface area contributed by atoms with Crippen LogP contribution >= 0.6 is 11.6 Å². The number of nitrogen functional groups attached to an aromatic ring is 1. The normalized spacial score (nSPS) is 18.1. The van der Waals surface area contributed by atoms with Crippen molar-refractivity contribution in [3.8, 4) is 0 Å². The van der Waals surface area contributed by atoms with Gasteiger partial charge in [-0.1, -0.05) is 24.9 Å². The molecule has 0 bridgehead atoms. The molecule has 0 unspecified atom stereocenters. The van der Waals surface area contributed by atoms with E-state index in [4.69, 9.17) is 17.3 Å². The summed E-state index contributed by atoms with van der Waals surface area (Å²) in [5.41, 5.74) is 5.08. The van der Waals surface area contributed by atoms with E-state index in [2.05, 4.69) is 4.72 Å². The van der Waals surface area contributed by atoms with Crippen LogP contribution in [0.25, 0.3) is 0 Å². The Labute approximate surface area is 117 Å². The summed E-state index contributed by atoms with van der Waals surface area (Å²) >= 11 is 5.72. The van der Waals surface area contributed by atoms with Crippen molar-refractivity contribution in [2.45, 2.75) is 31.1 Å². The molecule has 7 heteroatoms. The standard InChI is InChI=1S/C12H16ClFN2O2S/c1-12(3-2-4-12)7-16-19(17,18)10-6-8(13)5-9(15)11(10)14/h5-6,16H,2-4,7,15H2,1H3. The van der Waals surface area contributed by atoms with Crippen molar-refractivity contribution >= 4 is 27.3 Å². The average molecular weight is 307 g/mol. The topological polar surface area (TPSA) is 72.2 Å². The third kappa shape index (κ3) is 3.01. The van der Waals surface area contributed by atoms with Crippen molar-refractivity contribution in [3.63, 3.8) is 0 Å². The predicted octanol–water partition coefficient (Wildman–Crippen LogP) is 2.53. The van der Waals surface area contributed by atoms with Crippen molar-refractivity contribution in [1.82, 2.24) is 4.72 Å². The Bertz CT molecular complexity index is 600. The molecule has 0 aromatic heterocycles. The van der Waals surface area contributed by atoms with Crippen LogP contribution in [-0.4, -0.2) is 15.0 Å². The summed E-state index contributed by atoms with van der Waals surface area (Å²) in [6.07, 6.45) is 3.03. The van der Waals surface area contributed by atoms with Crippen LogP contribution in [0, 0.1) is 11.2 Å². The van der Waals surface area contributed by atoms with Crippen molar-refractivity contribution in [1.29, 1.82) is 0 Å². The minimum absolute atomic E-state index is 0.0341. The predicted molar refractivity (Wildman–Crippen MR) is 73.0 cm³/mol. The van der Waals surface area contributed by atoms with E-state index < -0.39 is 20.7 Å². The van der Waals surface area contributed by atoms with Crippen LogP contribution in [0.4, 0.5) is 10.1 Å². The first-order valence-electron chi connectivity index (χ1n) is 5.98. The fourth-order valence-corrected chi connectivity index (χ4v) is 3.71. The molecule has 1 aliphatic carbocycles. The Kier molecular flexibility index (Phi) is 3.77. The highest BCUT2D eigenvalue weighted by Gasteiger charge is 2.33. The largest absolute Gasteiger partial charge is 0.396 e. The van der Waals surface area contributed by atoms with Gasteiger partial charge in [-0.3, -0.25) is 0 Å². The number of nitrogens with one attached hydrogen (secondary N) is 1. The number of sulfonamides is 1. The van der Waals surface area contributed by atoms with E-state index in [1.807, 2.05) is 6.92 Å². The first kappa shape index (κ1) is 14.6. The maximum atomic E-state index is 13.8. The van der Waals surface area contributed by atoms with Crippen molar-refractivity contribution in [2.75, 3.05) is 12.3 Å². The molecule has 0 amide bonds. The van der Waals surface area contributed by atoms with Crippen molar-refractivity contribution in [2.24, 2.45) is 5.41 Å². The zero-order chi connectivity index (χ0) is 14.3. The van der Waals surface area contributed by atoms with Gasteiger partial charge in [0.05, 0.1) is 5.69 Å². The SMILES string of the molecule is CC1(CNS(=O)(=O)c2cc(Cl)cc(N)c2F)CCC1. The minimum atomic E-state index is -3.93. The minimum Gasteiger partial charge on any atom is -0.396 e. The van der Waals surface area contributed by atoms with E-state index in [-0.39, 0.29) is 16.1 Å². The maximum absolute atomic E-state index is 13.8. The first-order valence-corrected chi connectivity index (χ1v) is 7.84. The van der Waals surface area contributed by atoms with Crippen LogP contribution < -0.4 is 10.5 Å². The molecule has 19 heavy (non-hydrogen) atoms. The van der Waals surface area contributed by atoms with Crippen LogP contribution in [0.15, 0.2) is 17.0 Å². The Hall–Kier alpha value is -0.850. The molecule has 1 aromatic carbocycles. The second-order valence-electron chi connectivity index (χ2n) is 5.30. The second kappa shape index (κ2) is 4.92. The lowest BCUT2D eigenvalue weighted by atomic mass is 9.71. The van der Waals surface area contributed by atoms with Crippen LogP contribution in [0.1, 0.15) is 26.2 Å². The molecule has 1 fully saturated rings. The van der Waals surface area contributed by atoms with Crippen LogP contribution in [0.2, 0.25) is 5.02 Å². The van der Waals surface area contributed by atoms with Gasteiger partial charge in [0.25, 0.3) is 0 Å². The lowest BCUT2D eigenvalue weighted by Gasteiger charge is -2.38. The third-order valence-corrected chi connectivity index (χ3v) is 5.19. The van der Waals surface area contributed by atoms with Gasteiger partial charge < -0.3 is 5.73 Å². The summed E-state index contributed by atoms with van der Waals surface area (Å²) in [5, 5.41) is 0.0918. The van der Waals surface area contributed by atoms with Gasteiger partial charge in [-0.2, -0.15) is 0 Å². The van der Waals surface area contributed by atoms with E-state index in [1.165, 1.54) is 6.07 Å². The van der Waals surface area contributed by atoms with E-state index >= 15 is 0 Å². The number of anilines is 1. The van der Waals surface area contributed by atoms with Gasteiger partial charge in [0.15, 0.2) is 5.82 Å². The number of hydrogen-bond acceptors (Lipinski definition) is 3. The fraction of sp³-hybridized carbons (Fsp3) is 0.500. The van der Waals surface area contributed by atoms with Gasteiger partial charge in [-0.15, -0.1) is 0 Å². The molecule has 1 aliphatic rings. The number of benzene rings is 1. The summed E-state index contributed by atoms with van der Waals surface area (Å²) in [4.78, 5) is -0.500. The molecule has 2 rings (SSSR count). The molecule has 106 valence electrons. The van der Waals surface area contributed by atoms with E-state index in [0.29, 0.717) is 6.54 Å². The Morgan fingerprint density at radius 2 is 2.11 bits per heavy atom. The zero-order valence-electron chi connectivity index (χ0n) is 10.5. The summed E-state index contributed by atoms with van der Waals surface area (Å²) in [6.45, 7) is 2.29. The zero-order valence-corrected chi connectivity index (χ0v) is 12.1. The molecule has 0 aliphatic heterocycles. The average Bonchev–Trinajstić information content (AvgIpc) is 2.28. The lowest BCUT2D eigenvalue weighted by Crippen LogP contribution is -2.40. The smallest absolute Gasteiger partial charge is 0.243 e. The van der Waals surface area contributed by atoms with Crippen molar-refractivity contribution in [3.05, 3.63) is 23.0 Å². The monoisotopic (exact) mass is 306 g/mol. The second-order valence-corrected chi connectivity index (χ2v) is 7.47. The number of halogens is 2. The Morgan fingerprint density at radius 3 is 2.63 bits per heavy atom. The van der Waals surface area contributed by atoms with Gasteiger partial charge >= 0.3 is 0 Å². The van der Waals surface area contributed by atoms with E-state index in [9.17, 15) is 12.8 Å². The molecule has 1 aromatic rings. The molecule has 0 saturated heterocycles. The lowest BCUT2D eigenvalue weighted by molar-refractivity contribution is 0.166. The summed E-state index contributed by atoms with van der Waals surface area (Å²) in [7, 11) is -3.93. The molecule has 0 heterocycles. The van der Waals surface area contributed by atoms with Gasteiger partial charge in [-0.25, -0.2) is 17.5 Å². The Balaban J connectivity index is 2.24. The van der Waals surface area contributed by atoms with Crippen LogP contribution in [0.3, 0.4) is 0 Å². The van der Waals surface area contributed by atoms with Crippen LogP contribution in [0.5, 0.6) is 0 Å². The molecule has 0 spiro atoms. The highest BCUT2D eigenvalue weighted by atomic mass is 35.5. The third-order valence-electron chi connectivity index (χ3n) is 3.57. The Morgan fingerprint density at radius 1 is 1.47 bits per heavy atom. The van der Waals surface area contributed by atoms with Gasteiger partial charge in [-0.05, 0) is 30.4 Å². The highest BCUT2D eigenvalue weighted by molar-refractivity contribution is 7.89. The molecule has 4 nitrogen and oxygen atoms in total. The molecular weight excluding hydrogens is 291 g/mol. The maximum Gasteiger partial charge on any atom is 0.243 e. The van der Waals surface area contributed by atoms with Gasteiger partial charge in [0.2, 0.25) is 10.0 Å². The van der Waals surface area contributed by atoms with E-state index in [1.54, 1.807) is 0 Å². The van der Waals surface area contributed by atoms with Gasteiger partial charge in [0, 0.05) is 11.6 Å². The molecule has 0 radical (unpaired) electrons. The number of nitrogens with two attached hydrogens (primary N) is 1. The van der Waals surface area contributed by atoms with E-state index in [0.717, 1.165) is 25.3 Å². The summed E-state index contributed by atoms with van der Waals surface area (Å²) in [5.74, 6) is -0.962.